The van der Waals surface area contributed by atoms with Crippen LogP contribution in [0.3, 0.4) is 0 Å². The fourth-order valence-corrected chi connectivity index (χ4v) is 0. The fourth-order valence-electron chi connectivity index (χ4n) is 0. The van der Waals surface area contributed by atoms with Gasteiger partial charge < -0.3 is 20.1 Å². The zero-order valence-corrected chi connectivity index (χ0v) is 14.5. The van der Waals surface area contributed by atoms with Crippen molar-refractivity contribution in [2.24, 2.45) is 0 Å². The smallest absolute Gasteiger partial charge is 0.741 e. The minimum atomic E-state index is -6.09. The van der Waals surface area contributed by atoms with Crippen LogP contribution in [0.2, 0.25) is 0 Å². The third-order valence-corrected chi connectivity index (χ3v) is 1.70. The number of hydrogen-bond acceptors (Lipinski definition) is 8. The third kappa shape index (κ3) is 35.0. The van der Waals surface area contributed by atoms with Crippen LogP contribution in [0.4, 0.5) is 26.3 Å². The van der Waals surface area contributed by atoms with Crippen LogP contribution in [0.1, 0.15) is 13.8 Å². The van der Waals surface area contributed by atoms with E-state index in [1.807, 2.05) is 0 Å². The van der Waals surface area contributed by atoms with Crippen molar-refractivity contribution < 1.29 is 80.3 Å². The molecule has 0 unspecified atom stereocenters. The predicted molar refractivity (Wildman–Crippen MR) is 63.8 cm³/mol. The second kappa shape index (κ2) is 17.6. The van der Waals surface area contributed by atoms with E-state index in [-0.39, 0.29) is 28.0 Å². The number of nitrogens with zero attached hydrogens (tertiary/aromatic N) is 2. The Morgan fingerprint density at radius 1 is 0.720 bits per heavy atom. The summed E-state index contributed by atoms with van der Waals surface area (Å²) >= 11 is 0. The molecule has 0 spiro atoms. The molecule has 1 radical (unpaired) electrons. The Morgan fingerprint density at radius 3 is 0.760 bits per heavy atom. The van der Waals surface area contributed by atoms with Crippen LogP contribution in [0, 0.1) is 22.7 Å². The third-order valence-electron chi connectivity index (χ3n) is 0.567. The molecule has 0 heterocycles. The van der Waals surface area contributed by atoms with Crippen molar-refractivity contribution in [3.8, 4) is 12.1 Å². The summed E-state index contributed by atoms with van der Waals surface area (Å²) in [5, 5.41) is 14.6. The minimum Gasteiger partial charge on any atom is -0.741 e. The molecule has 0 aromatic carbocycles. The van der Waals surface area contributed by atoms with E-state index in [0.29, 0.717) is 0 Å². The molecule has 0 saturated heterocycles. The molecule has 0 bridgehead atoms. The van der Waals surface area contributed by atoms with E-state index in [4.69, 9.17) is 36.5 Å². The summed E-state index contributed by atoms with van der Waals surface area (Å²) in [5.41, 5.74) is -11.3. The standard InChI is InChI=1S/2C2H3N.2CHF3O3S.Cu.2H2O/c2*1-2-3;2*2-1(3,4)8(5,6)7;;;/h2*1H3;2*(H,5,6,7);;2*1H2/q;;;;+2;;. The molecule has 19 heteroatoms. The van der Waals surface area contributed by atoms with Crippen LogP contribution in [0.5, 0.6) is 0 Å². The van der Waals surface area contributed by atoms with Crippen molar-refractivity contribution in [3.05, 3.63) is 0 Å². The molecule has 0 aliphatic carbocycles. The van der Waals surface area contributed by atoms with Gasteiger partial charge >= 0.3 is 28.1 Å². The Morgan fingerprint density at radius 2 is 0.760 bits per heavy atom. The Kier molecular flexibility index (Phi) is 30.9. The second-order valence-electron chi connectivity index (χ2n) is 2.25. The fraction of sp³-hybridized carbons (Fsp3) is 0.667. The first-order valence-corrected chi connectivity index (χ1v) is 6.81. The van der Waals surface area contributed by atoms with Crippen molar-refractivity contribution in [1.82, 2.24) is 0 Å². The van der Waals surface area contributed by atoms with Gasteiger partial charge in [0.25, 0.3) is 0 Å². The SMILES string of the molecule is CC#N.CC#N.O=S(=O)([O-])C(F)(F)F.O=S(=O)([O-])C(F)(F)F.[Cu+2].[OH3+].[OH3+]. The number of rotatable bonds is 0. The van der Waals surface area contributed by atoms with Gasteiger partial charge in [-0.05, 0) is 0 Å². The normalized spacial score (nSPS) is 9.60. The predicted octanol–water partition coefficient (Wildman–Crippen LogP) is -0.684. The van der Waals surface area contributed by atoms with Crippen LogP contribution in [-0.2, 0) is 48.3 Å². The maximum Gasteiger partial charge on any atom is 2.00 e. The maximum atomic E-state index is 10.7. The molecule has 0 atom stereocenters. The number of halogens is 6. The molecule has 6 N–H and O–H groups in total. The van der Waals surface area contributed by atoms with E-state index in [2.05, 4.69) is 0 Å². The van der Waals surface area contributed by atoms with Crippen LogP contribution in [0.25, 0.3) is 0 Å². The van der Waals surface area contributed by atoms with E-state index in [0.717, 1.165) is 0 Å². The summed E-state index contributed by atoms with van der Waals surface area (Å²) < 4.78 is 118. The Bertz CT molecular complexity index is 535. The molecule has 10 nitrogen and oxygen atoms in total. The van der Waals surface area contributed by atoms with E-state index < -0.39 is 31.3 Å². The zero-order chi connectivity index (χ0) is 19.4. The summed E-state index contributed by atoms with van der Waals surface area (Å²) in [6.45, 7) is 2.86. The maximum absolute atomic E-state index is 10.7. The van der Waals surface area contributed by atoms with Crippen LogP contribution in [-0.4, -0.2) is 37.0 Å². The summed E-state index contributed by atoms with van der Waals surface area (Å²) in [6.07, 6.45) is 0. The average molecular weight is 482 g/mol. The molecular weight excluding hydrogens is 470 g/mol. The van der Waals surface area contributed by atoms with E-state index >= 15 is 0 Å². The minimum absolute atomic E-state index is 0. The van der Waals surface area contributed by atoms with Gasteiger partial charge in [-0.2, -0.15) is 36.9 Å². The molecule has 0 aromatic heterocycles. The molecule has 0 amide bonds. The van der Waals surface area contributed by atoms with Gasteiger partial charge in [-0.15, -0.1) is 0 Å². The number of alkyl halides is 6. The Hall–Kier alpha value is -1.18. The van der Waals surface area contributed by atoms with E-state index in [1.165, 1.54) is 13.8 Å². The molecule has 0 fully saturated rings. The largest absolute Gasteiger partial charge is 2.00 e. The van der Waals surface area contributed by atoms with Gasteiger partial charge in [0, 0.05) is 13.8 Å². The Labute approximate surface area is 148 Å². The van der Waals surface area contributed by atoms with Gasteiger partial charge in [0.1, 0.15) is 0 Å². The van der Waals surface area contributed by atoms with Gasteiger partial charge in [-0.1, -0.05) is 0 Å². The molecule has 0 rings (SSSR count). The first-order valence-electron chi connectivity index (χ1n) is 3.99. The van der Waals surface area contributed by atoms with Crippen molar-refractivity contribution in [3.63, 3.8) is 0 Å². The summed E-state index contributed by atoms with van der Waals surface area (Å²) in [6, 6.07) is 3.50. The first kappa shape index (κ1) is 43.8. The second-order valence-corrected chi connectivity index (χ2v) is 4.99. The van der Waals surface area contributed by atoms with Crippen LogP contribution >= 0.6 is 0 Å². The Balaban J connectivity index is -0.0000000362. The topological polar surface area (TPSA) is 228 Å². The van der Waals surface area contributed by atoms with Crippen molar-refractivity contribution in [2.45, 2.75) is 24.9 Å². The van der Waals surface area contributed by atoms with Crippen molar-refractivity contribution in [2.75, 3.05) is 0 Å². The van der Waals surface area contributed by atoms with Gasteiger partial charge in [0.2, 0.25) is 0 Å². The van der Waals surface area contributed by atoms with Gasteiger partial charge in [0.05, 0.1) is 12.1 Å². The van der Waals surface area contributed by atoms with E-state index in [1.54, 1.807) is 12.1 Å². The van der Waals surface area contributed by atoms with Gasteiger partial charge in [-0.25, -0.2) is 16.8 Å². The molecule has 25 heavy (non-hydrogen) atoms. The number of nitriles is 2. The number of hydrogen-bond donors (Lipinski definition) is 0. The molecular formula is C6H12CuF6N2O8S2+2. The zero-order valence-electron chi connectivity index (χ0n) is 11.9. The molecule has 0 aromatic rings. The van der Waals surface area contributed by atoms with Crippen molar-refractivity contribution in [1.29, 1.82) is 10.5 Å². The van der Waals surface area contributed by atoms with Gasteiger partial charge in [-0.3, -0.25) is 0 Å². The average Bonchev–Trinajstić information content (AvgIpc) is 2.13. The first-order chi connectivity index (χ1) is 9.33. The molecule has 0 aliphatic rings. The summed E-state index contributed by atoms with van der Waals surface area (Å²) in [4.78, 5) is 0. The van der Waals surface area contributed by atoms with E-state index in [9.17, 15) is 26.3 Å². The monoisotopic (exact) mass is 481 g/mol. The summed E-state index contributed by atoms with van der Waals surface area (Å²) in [5.74, 6) is 0. The summed E-state index contributed by atoms with van der Waals surface area (Å²) in [7, 11) is -12.2. The molecule has 0 saturated carbocycles. The quantitative estimate of drug-likeness (QED) is 0.141. The molecule has 157 valence electrons. The molecule has 0 aliphatic heterocycles. The van der Waals surface area contributed by atoms with Crippen LogP contribution in [0.15, 0.2) is 0 Å². The van der Waals surface area contributed by atoms with Crippen LogP contribution < -0.4 is 0 Å². The van der Waals surface area contributed by atoms with Gasteiger partial charge in [0.15, 0.2) is 20.2 Å². The van der Waals surface area contributed by atoms with Crippen molar-refractivity contribution >= 4 is 20.2 Å².